The molecule has 4 nitrogen and oxygen atoms in total. The highest BCUT2D eigenvalue weighted by Gasteiger charge is 2.02. The molecule has 0 atom stereocenters. The summed E-state index contributed by atoms with van der Waals surface area (Å²) in [6.45, 7) is 0. The van der Waals surface area contributed by atoms with E-state index in [-0.39, 0.29) is 5.75 Å². The van der Waals surface area contributed by atoms with Crippen LogP contribution in [0, 0.1) is 0 Å². The van der Waals surface area contributed by atoms with Crippen molar-refractivity contribution in [3.05, 3.63) is 36.2 Å². The topological polar surface area (TPSA) is 58.3 Å². The second-order valence-electron chi connectivity index (χ2n) is 2.95. The molecule has 2 rings (SSSR count). The van der Waals surface area contributed by atoms with Crippen molar-refractivity contribution < 1.29 is 9.52 Å². The maximum absolute atomic E-state index is 9.08. The standard InChI is InChI=1S/C10H9ClN2O2/c11-5-8-6-15-10(13-8)12-7-1-3-9(14)4-2-7/h1-4,6,14H,5H2,(H,12,13). The summed E-state index contributed by atoms with van der Waals surface area (Å²) in [6.07, 6.45) is 1.50. The van der Waals surface area contributed by atoms with Gasteiger partial charge < -0.3 is 14.8 Å². The molecular formula is C10H9ClN2O2. The summed E-state index contributed by atoms with van der Waals surface area (Å²) >= 11 is 5.58. The third-order valence-electron chi connectivity index (χ3n) is 1.81. The lowest BCUT2D eigenvalue weighted by Gasteiger charge is -2.00. The van der Waals surface area contributed by atoms with Crippen molar-refractivity contribution in [1.82, 2.24) is 4.98 Å². The van der Waals surface area contributed by atoms with E-state index in [2.05, 4.69) is 10.3 Å². The van der Waals surface area contributed by atoms with Crippen molar-refractivity contribution in [2.24, 2.45) is 0 Å². The number of halogens is 1. The number of rotatable bonds is 3. The van der Waals surface area contributed by atoms with Crippen LogP contribution in [0.4, 0.5) is 11.7 Å². The number of phenolic OH excluding ortho intramolecular Hbond substituents is 1. The highest BCUT2D eigenvalue weighted by Crippen LogP contribution is 2.19. The smallest absolute Gasteiger partial charge is 0.299 e. The molecule has 78 valence electrons. The summed E-state index contributed by atoms with van der Waals surface area (Å²) in [5, 5.41) is 12.0. The van der Waals surface area contributed by atoms with Crippen LogP contribution in [-0.2, 0) is 5.88 Å². The van der Waals surface area contributed by atoms with E-state index in [9.17, 15) is 0 Å². The van der Waals surface area contributed by atoms with E-state index < -0.39 is 0 Å². The van der Waals surface area contributed by atoms with Crippen molar-refractivity contribution in [1.29, 1.82) is 0 Å². The van der Waals surface area contributed by atoms with Crippen molar-refractivity contribution in [2.75, 3.05) is 5.32 Å². The molecule has 15 heavy (non-hydrogen) atoms. The summed E-state index contributed by atoms with van der Waals surface area (Å²) in [5.41, 5.74) is 1.47. The van der Waals surface area contributed by atoms with Gasteiger partial charge in [0.15, 0.2) is 0 Å². The van der Waals surface area contributed by atoms with Gasteiger partial charge in [0, 0.05) is 5.69 Å². The van der Waals surface area contributed by atoms with Crippen molar-refractivity contribution in [3.63, 3.8) is 0 Å². The number of phenols is 1. The van der Waals surface area contributed by atoms with Crippen LogP contribution in [0.25, 0.3) is 0 Å². The van der Waals surface area contributed by atoms with E-state index in [0.717, 1.165) is 5.69 Å². The van der Waals surface area contributed by atoms with Gasteiger partial charge in [-0.05, 0) is 24.3 Å². The fraction of sp³-hybridized carbons (Fsp3) is 0.100. The first-order valence-electron chi connectivity index (χ1n) is 4.34. The summed E-state index contributed by atoms with van der Waals surface area (Å²) in [5.74, 6) is 0.537. The Morgan fingerprint density at radius 3 is 2.67 bits per heavy atom. The zero-order valence-electron chi connectivity index (χ0n) is 7.77. The maximum atomic E-state index is 9.08. The van der Waals surface area contributed by atoms with Crippen molar-refractivity contribution >= 4 is 23.3 Å². The van der Waals surface area contributed by atoms with E-state index in [0.29, 0.717) is 17.6 Å². The number of benzene rings is 1. The van der Waals surface area contributed by atoms with Crippen LogP contribution in [0.3, 0.4) is 0 Å². The average molecular weight is 225 g/mol. The van der Waals surface area contributed by atoms with Crippen LogP contribution in [0.1, 0.15) is 5.69 Å². The molecule has 1 aromatic heterocycles. The van der Waals surface area contributed by atoms with E-state index in [4.69, 9.17) is 21.1 Å². The van der Waals surface area contributed by atoms with E-state index in [1.165, 1.54) is 6.26 Å². The first-order valence-corrected chi connectivity index (χ1v) is 4.88. The van der Waals surface area contributed by atoms with E-state index in [1.807, 2.05) is 0 Å². The average Bonchev–Trinajstić information content (AvgIpc) is 2.69. The number of aromatic nitrogens is 1. The Bertz CT molecular complexity index is 439. The molecule has 1 aromatic carbocycles. The molecule has 2 aromatic rings. The van der Waals surface area contributed by atoms with Gasteiger partial charge in [0.1, 0.15) is 12.0 Å². The van der Waals surface area contributed by atoms with Gasteiger partial charge in [-0.25, -0.2) is 0 Å². The van der Waals surface area contributed by atoms with Gasteiger partial charge in [-0.3, -0.25) is 0 Å². The number of oxazole rings is 1. The van der Waals surface area contributed by atoms with E-state index >= 15 is 0 Å². The molecule has 5 heteroatoms. The zero-order valence-corrected chi connectivity index (χ0v) is 8.53. The van der Waals surface area contributed by atoms with Gasteiger partial charge in [0.05, 0.1) is 11.6 Å². The Morgan fingerprint density at radius 2 is 2.07 bits per heavy atom. The lowest BCUT2D eigenvalue weighted by atomic mass is 10.3. The van der Waals surface area contributed by atoms with Crippen molar-refractivity contribution in [3.8, 4) is 5.75 Å². The quantitative estimate of drug-likeness (QED) is 0.622. The van der Waals surface area contributed by atoms with Crippen LogP contribution < -0.4 is 5.32 Å². The normalized spacial score (nSPS) is 10.2. The predicted octanol–water partition coefficient (Wildman–Crippen LogP) is 2.86. The number of alkyl halides is 1. The lowest BCUT2D eigenvalue weighted by Crippen LogP contribution is -1.89. The van der Waals surface area contributed by atoms with Gasteiger partial charge in [0.25, 0.3) is 6.01 Å². The monoisotopic (exact) mass is 224 g/mol. The summed E-state index contributed by atoms with van der Waals surface area (Å²) < 4.78 is 5.12. The Hall–Kier alpha value is -1.68. The molecule has 1 heterocycles. The number of anilines is 2. The highest BCUT2D eigenvalue weighted by molar-refractivity contribution is 6.16. The second-order valence-corrected chi connectivity index (χ2v) is 3.22. The van der Waals surface area contributed by atoms with Crippen LogP contribution in [0.15, 0.2) is 34.9 Å². The van der Waals surface area contributed by atoms with Gasteiger partial charge in [-0.1, -0.05) is 0 Å². The SMILES string of the molecule is Oc1ccc(Nc2nc(CCl)co2)cc1. The minimum atomic E-state index is 0.217. The first kappa shape index (κ1) is 9.86. The van der Waals surface area contributed by atoms with Gasteiger partial charge >= 0.3 is 0 Å². The Labute approximate surface area is 91.5 Å². The zero-order chi connectivity index (χ0) is 10.7. The maximum Gasteiger partial charge on any atom is 0.299 e. The fourth-order valence-electron chi connectivity index (χ4n) is 1.09. The third kappa shape index (κ3) is 2.41. The van der Waals surface area contributed by atoms with Crippen LogP contribution >= 0.6 is 11.6 Å². The second kappa shape index (κ2) is 4.23. The largest absolute Gasteiger partial charge is 0.508 e. The van der Waals surface area contributed by atoms with Crippen molar-refractivity contribution in [2.45, 2.75) is 5.88 Å². The fourth-order valence-corrected chi connectivity index (χ4v) is 1.22. The summed E-state index contributed by atoms with van der Waals surface area (Å²) in [7, 11) is 0. The molecule has 0 bridgehead atoms. The molecule has 0 saturated carbocycles. The van der Waals surface area contributed by atoms with Crippen LogP contribution in [-0.4, -0.2) is 10.1 Å². The minimum Gasteiger partial charge on any atom is -0.508 e. The summed E-state index contributed by atoms with van der Waals surface area (Å²) in [4.78, 5) is 4.07. The molecule has 0 aliphatic rings. The molecular weight excluding hydrogens is 216 g/mol. The molecule has 0 radical (unpaired) electrons. The molecule has 0 unspecified atom stereocenters. The number of hydrogen-bond donors (Lipinski definition) is 2. The number of aromatic hydroxyl groups is 1. The number of hydrogen-bond acceptors (Lipinski definition) is 4. The molecule has 0 aliphatic heterocycles. The first-order chi connectivity index (χ1) is 7.28. The molecule has 0 spiro atoms. The molecule has 0 amide bonds. The summed E-state index contributed by atoms with van der Waals surface area (Å²) in [6, 6.07) is 6.98. The van der Waals surface area contributed by atoms with Gasteiger partial charge in [-0.15, -0.1) is 11.6 Å². The van der Waals surface area contributed by atoms with Crippen LogP contribution in [0.5, 0.6) is 5.75 Å². The van der Waals surface area contributed by atoms with E-state index in [1.54, 1.807) is 24.3 Å². The molecule has 0 saturated heterocycles. The Balaban J connectivity index is 2.11. The predicted molar refractivity (Wildman–Crippen MR) is 57.4 cm³/mol. The Morgan fingerprint density at radius 1 is 1.33 bits per heavy atom. The number of nitrogens with zero attached hydrogens (tertiary/aromatic N) is 1. The highest BCUT2D eigenvalue weighted by atomic mass is 35.5. The van der Waals surface area contributed by atoms with Crippen LogP contribution in [0.2, 0.25) is 0 Å². The molecule has 2 N–H and O–H groups in total. The third-order valence-corrected chi connectivity index (χ3v) is 2.08. The minimum absolute atomic E-state index is 0.217. The van der Waals surface area contributed by atoms with Gasteiger partial charge in [0.2, 0.25) is 0 Å². The number of nitrogens with one attached hydrogen (secondary N) is 1. The molecule has 0 fully saturated rings. The lowest BCUT2D eigenvalue weighted by molar-refractivity contribution is 0.475. The Kier molecular flexibility index (Phi) is 2.78. The van der Waals surface area contributed by atoms with Gasteiger partial charge in [-0.2, -0.15) is 4.98 Å². The molecule has 0 aliphatic carbocycles.